The van der Waals surface area contributed by atoms with Crippen LogP contribution in [-0.4, -0.2) is 49.6 Å². The third kappa shape index (κ3) is 4.77. The van der Waals surface area contributed by atoms with E-state index in [1.807, 2.05) is 37.3 Å². The van der Waals surface area contributed by atoms with Crippen molar-refractivity contribution < 1.29 is 28.9 Å². The van der Waals surface area contributed by atoms with Crippen LogP contribution in [0.2, 0.25) is 0 Å². The van der Waals surface area contributed by atoms with Crippen molar-refractivity contribution >= 4 is 17.4 Å². The van der Waals surface area contributed by atoms with Gasteiger partial charge in [0.2, 0.25) is 0 Å². The number of carbonyl (C=O) groups excluding carboxylic acids is 2. The quantitative estimate of drug-likeness (QED) is 0.282. The molecule has 0 aromatic heterocycles. The standard InChI is InChI=1S/C29H29NO6/c1-18-8-11-20(12-9-18)27(31)25-26(21-6-5-7-22(17-21)34-2)30(29(33)28(25)32)15-14-19-10-13-23(35-3)24(16-19)36-4/h5-13,16-17,26,31H,14-15H2,1-4H3/t26-/m0/s1. The van der Waals surface area contributed by atoms with Crippen LogP contribution in [0.4, 0.5) is 0 Å². The Labute approximate surface area is 210 Å². The number of hydrogen-bond acceptors (Lipinski definition) is 6. The first-order chi connectivity index (χ1) is 17.4. The number of nitrogens with zero attached hydrogens (tertiary/aromatic N) is 1. The number of benzene rings is 3. The molecule has 1 aliphatic heterocycles. The van der Waals surface area contributed by atoms with Gasteiger partial charge in [0.15, 0.2) is 11.5 Å². The molecular formula is C29H29NO6. The van der Waals surface area contributed by atoms with E-state index in [1.165, 1.54) is 4.90 Å². The molecule has 1 saturated heterocycles. The summed E-state index contributed by atoms with van der Waals surface area (Å²) < 4.78 is 16.1. The van der Waals surface area contributed by atoms with Gasteiger partial charge in [-0.25, -0.2) is 0 Å². The lowest BCUT2D eigenvalue weighted by Crippen LogP contribution is -2.31. The van der Waals surface area contributed by atoms with E-state index < -0.39 is 17.7 Å². The van der Waals surface area contributed by atoms with E-state index in [1.54, 1.807) is 57.7 Å². The third-order valence-electron chi connectivity index (χ3n) is 6.36. The second kappa shape index (κ2) is 10.6. The highest BCUT2D eigenvalue weighted by Crippen LogP contribution is 2.40. The number of aryl methyl sites for hydroxylation is 1. The van der Waals surface area contributed by atoms with Gasteiger partial charge in [0.25, 0.3) is 11.7 Å². The monoisotopic (exact) mass is 487 g/mol. The maximum absolute atomic E-state index is 13.3. The van der Waals surface area contributed by atoms with Crippen molar-refractivity contribution in [2.45, 2.75) is 19.4 Å². The Morgan fingerprint density at radius 3 is 2.28 bits per heavy atom. The molecule has 3 aromatic rings. The summed E-state index contributed by atoms with van der Waals surface area (Å²) in [4.78, 5) is 28.0. The van der Waals surface area contributed by atoms with Gasteiger partial charge < -0.3 is 24.2 Å². The third-order valence-corrected chi connectivity index (χ3v) is 6.36. The Morgan fingerprint density at radius 1 is 0.889 bits per heavy atom. The normalized spacial score (nSPS) is 16.8. The van der Waals surface area contributed by atoms with Gasteiger partial charge in [0, 0.05) is 12.1 Å². The number of likely N-dealkylation sites (tertiary alicyclic amines) is 1. The molecule has 7 nitrogen and oxygen atoms in total. The molecular weight excluding hydrogens is 458 g/mol. The first-order valence-corrected chi connectivity index (χ1v) is 11.6. The number of ether oxygens (including phenoxy) is 3. The molecule has 36 heavy (non-hydrogen) atoms. The number of methoxy groups -OCH3 is 3. The van der Waals surface area contributed by atoms with Crippen LogP contribution in [0.15, 0.2) is 72.3 Å². The van der Waals surface area contributed by atoms with Gasteiger partial charge in [-0.2, -0.15) is 0 Å². The van der Waals surface area contributed by atoms with Crippen molar-refractivity contribution in [3.63, 3.8) is 0 Å². The fraction of sp³-hybridized carbons (Fsp3) is 0.241. The number of aliphatic hydroxyl groups excluding tert-OH is 1. The smallest absolute Gasteiger partial charge is 0.295 e. The van der Waals surface area contributed by atoms with E-state index >= 15 is 0 Å². The van der Waals surface area contributed by atoms with Crippen molar-refractivity contribution in [2.24, 2.45) is 0 Å². The second-order valence-corrected chi connectivity index (χ2v) is 8.57. The molecule has 1 fully saturated rings. The summed E-state index contributed by atoms with van der Waals surface area (Å²) in [6.45, 7) is 2.19. The minimum absolute atomic E-state index is 0.0596. The minimum Gasteiger partial charge on any atom is -0.507 e. The van der Waals surface area contributed by atoms with Gasteiger partial charge in [-0.15, -0.1) is 0 Å². The van der Waals surface area contributed by atoms with E-state index in [-0.39, 0.29) is 17.9 Å². The average Bonchev–Trinajstić information content (AvgIpc) is 3.16. The Hall–Kier alpha value is -4.26. The van der Waals surface area contributed by atoms with Crippen molar-refractivity contribution in [1.29, 1.82) is 0 Å². The molecule has 0 radical (unpaired) electrons. The summed E-state index contributed by atoms with van der Waals surface area (Å²) in [5.74, 6) is 0.213. The first kappa shape index (κ1) is 24.9. The zero-order valence-corrected chi connectivity index (χ0v) is 20.8. The summed E-state index contributed by atoms with van der Waals surface area (Å²) >= 11 is 0. The fourth-order valence-electron chi connectivity index (χ4n) is 4.42. The number of hydrogen-bond donors (Lipinski definition) is 1. The molecule has 0 bridgehead atoms. The highest BCUT2D eigenvalue weighted by molar-refractivity contribution is 6.46. The molecule has 0 aliphatic carbocycles. The Kier molecular flexibility index (Phi) is 7.29. The molecule has 0 unspecified atom stereocenters. The molecule has 1 heterocycles. The van der Waals surface area contributed by atoms with Crippen LogP contribution in [0, 0.1) is 6.92 Å². The molecule has 3 aromatic carbocycles. The van der Waals surface area contributed by atoms with Crippen LogP contribution in [0.1, 0.15) is 28.3 Å². The molecule has 1 amide bonds. The maximum atomic E-state index is 13.3. The van der Waals surface area contributed by atoms with Crippen LogP contribution in [0.5, 0.6) is 17.2 Å². The number of carbonyl (C=O) groups is 2. The largest absolute Gasteiger partial charge is 0.507 e. The number of aliphatic hydroxyl groups is 1. The molecule has 7 heteroatoms. The summed E-state index contributed by atoms with van der Waals surface area (Å²) in [5, 5.41) is 11.2. The predicted molar refractivity (Wildman–Crippen MR) is 136 cm³/mol. The van der Waals surface area contributed by atoms with Gasteiger partial charge in [-0.1, -0.05) is 48.0 Å². The fourth-order valence-corrected chi connectivity index (χ4v) is 4.42. The number of rotatable bonds is 8. The van der Waals surface area contributed by atoms with Crippen LogP contribution >= 0.6 is 0 Å². The van der Waals surface area contributed by atoms with E-state index in [4.69, 9.17) is 14.2 Å². The lowest BCUT2D eigenvalue weighted by Gasteiger charge is -2.26. The minimum atomic E-state index is -0.762. The van der Waals surface area contributed by atoms with Crippen molar-refractivity contribution in [2.75, 3.05) is 27.9 Å². The zero-order chi connectivity index (χ0) is 25.8. The highest BCUT2D eigenvalue weighted by Gasteiger charge is 2.46. The highest BCUT2D eigenvalue weighted by atomic mass is 16.5. The first-order valence-electron chi connectivity index (χ1n) is 11.6. The van der Waals surface area contributed by atoms with Crippen molar-refractivity contribution in [3.05, 3.63) is 94.6 Å². The van der Waals surface area contributed by atoms with Gasteiger partial charge in [0.05, 0.1) is 32.9 Å². The van der Waals surface area contributed by atoms with E-state index in [0.717, 1.165) is 11.1 Å². The van der Waals surface area contributed by atoms with Gasteiger partial charge in [0.1, 0.15) is 11.5 Å². The summed E-state index contributed by atoms with van der Waals surface area (Å²) in [7, 11) is 4.69. The number of amides is 1. The van der Waals surface area contributed by atoms with Crippen molar-refractivity contribution in [1.82, 2.24) is 4.90 Å². The second-order valence-electron chi connectivity index (χ2n) is 8.57. The molecule has 186 valence electrons. The lowest BCUT2D eigenvalue weighted by atomic mass is 9.94. The topological polar surface area (TPSA) is 85.3 Å². The lowest BCUT2D eigenvalue weighted by molar-refractivity contribution is -0.139. The van der Waals surface area contributed by atoms with E-state index in [2.05, 4.69) is 0 Å². The molecule has 1 N–H and O–H groups in total. The van der Waals surface area contributed by atoms with E-state index in [9.17, 15) is 14.7 Å². The number of ketones is 1. The molecule has 0 saturated carbocycles. The molecule has 1 aliphatic rings. The van der Waals surface area contributed by atoms with Crippen molar-refractivity contribution in [3.8, 4) is 17.2 Å². The van der Waals surface area contributed by atoms with Crippen LogP contribution in [-0.2, 0) is 16.0 Å². The Balaban J connectivity index is 1.75. The van der Waals surface area contributed by atoms with E-state index in [0.29, 0.717) is 34.8 Å². The predicted octanol–water partition coefficient (Wildman–Crippen LogP) is 4.69. The van der Waals surface area contributed by atoms with Gasteiger partial charge in [-0.05, 0) is 48.7 Å². The Morgan fingerprint density at radius 2 is 1.61 bits per heavy atom. The summed E-state index contributed by atoms with van der Waals surface area (Å²) in [6, 6.07) is 19.2. The Bertz CT molecular complexity index is 1310. The van der Waals surface area contributed by atoms with Crippen LogP contribution in [0.3, 0.4) is 0 Å². The number of Topliss-reactive ketones (excluding diaryl/α,β-unsaturated/α-hetero) is 1. The van der Waals surface area contributed by atoms with Crippen LogP contribution in [0.25, 0.3) is 5.76 Å². The maximum Gasteiger partial charge on any atom is 0.295 e. The SMILES string of the molecule is COc1cccc([C@H]2C(=C(O)c3ccc(C)cc3)C(=O)C(=O)N2CCc2ccc(OC)c(OC)c2)c1. The van der Waals surface area contributed by atoms with Gasteiger partial charge in [-0.3, -0.25) is 9.59 Å². The zero-order valence-electron chi connectivity index (χ0n) is 20.8. The molecule has 1 atom stereocenters. The average molecular weight is 488 g/mol. The summed E-state index contributed by atoms with van der Waals surface area (Å²) in [5.41, 5.74) is 3.15. The summed E-state index contributed by atoms with van der Waals surface area (Å²) in [6.07, 6.45) is 0.471. The van der Waals surface area contributed by atoms with Crippen LogP contribution < -0.4 is 14.2 Å². The molecule has 0 spiro atoms. The molecule has 4 rings (SSSR count). The van der Waals surface area contributed by atoms with Gasteiger partial charge >= 0.3 is 0 Å².